The Kier molecular flexibility index (Phi) is 5.17. The summed E-state index contributed by atoms with van der Waals surface area (Å²) < 4.78 is 6.78. The number of fused-ring (bicyclic) bond motifs is 6. The molecule has 0 radical (unpaired) electrons. The molecular formula is C30H22OS2. The highest BCUT2D eigenvalue weighted by Crippen LogP contribution is 2.47. The largest absolute Gasteiger partial charge is 0.455 e. The summed E-state index contributed by atoms with van der Waals surface area (Å²) in [4.78, 5) is 2.50. The minimum Gasteiger partial charge on any atom is -0.455 e. The molecule has 0 atom stereocenters. The van der Waals surface area contributed by atoms with Crippen molar-refractivity contribution in [2.24, 2.45) is 0 Å². The molecule has 33 heavy (non-hydrogen) atoms. The van der Waals surface area contributed by atoms with Crippen molar-refractivity contribution in [2.45, 2.75) is 9.79 Å². The quantitative estimate of drug-likeness (QED) is 0.191. The molecule has 0 fully saturated rings. The van der Waals surface area contributed by atoms with Gasteiger partial charge in [0.15, 0.2) is 0 Å². The van der Waals surface area contributed by atoms with Gasteiger partial charge in [0, 0.05) is 31.7 Å². The van der Waals surface area contributed by atoms with Crippen LogP contribution in [-0.2, 0) is 0 Å². The predicted octanol–water partition coefficient (Wildman–Crippen LogP) is 9.52. The molecule has 0 spiro atoms. The maximum atomic E-state index is 6.78. The van der Waals surface area contributed by atoms with Crippen LogP contribution in [0.5, 0.6) is 0 Å². The van der Waals surface area contributed by atoms with Crippen LogP contribution in [0.25, 0.3) is 55.0 Å². The van der Waals surface area contributed by atoms with Gasteiger partial charge in [-0.1, -0.05) is 72.8 Å². The first-order chi connectivity index (χ1) is 16.3. The molecule has 5 aromatic carbocycles. The van der Waals surface area contributed by atoms with Crippen LogP contribution in [0.4, 0.5) is 0 Å². The lowest BCUT2D eigenvalue weighted by Crippen LogP contribution is -1.84. The van der Waals surface area contributed by atoms with Gasteiger partial charge < -0.3 is 4.42 Å². The molecule has 0 aliphatic carbocycles. The van der Waals surface area contributed by atoms with E-state index in [0.717, 1.165) is 27.9 Å². The van der Waals surface area contributed by atoms with E-state index in [2.05, 4.69) is 110 Å². The number of benzene rings is 5. The Morgan fingerprint density at radius 1 is 0.515 bits per heavy atom. The molecule has 0 amide bonds. The van der Waals surface area contributed by atoms with Crippen molar-refractivity contribution in [3.8, 4) is 22.5 Å². The van der Waals surface area contributed by atoms with E-state index in [-0.39, 0.29) is 0 Å². The van der Waals surface area contributed by atoms with Gasteiger partial charge >= 0.3 is 0 Å². The van der Waals surface area contributed by atoms with Crippen molar-refractivity contribution in [3.05, 3.63) is 97.1 Å². The second kappa shape index (κ2) is 8.33. The molecule has 3 heteroatoms. The number of rotatable bonds is 4. The second-order valence-corrected chi connectivity index (χ2v) is 9.82. The second-order valence-electron chi connectivity index (χ2n) is 8.06. The zero-order valence-corrected chi connectivity index (χ0v) is 20.1. The Bertz CT molecular complexity index is 1610. The molecule has 6 rings (SSSR count). The summed E-state index contributed by atoms with van der Waals surface area (Å²) in [5, 5.41) is 6.05. The van der Waals surface area contributed by atoms with Gasteiger partial charge in [0.2, 0.25) is 0 Å². The third-order valence-corrected chi connectivity index (χ3v) is 7.78. The van der Waals surface area contributed by atoms with E-state index in [0.29, 0.717) is 0 Å². The highest BCUT2D eigenvalue weighted by molar-refractivity contribution is 7.98. The smallest absolute Gasteiger partial charge is 0.143 e. The molecule has 160 valence electrons. The van der Waals surface area contributed by atoms with E-state index in [1.165, 1.54) is 36.9 Å². The summed E-state index contributed by atoms with van der Waals surface area (Å²) in [5.41, 5.74) is 4.39. The van der Waals surface area contributed by atoms with Crippen LogP contribution in [0.3, 0.4) is 0 Å². The van der Waals surface area contributed by atoms with Crippen molar-refractivity contribution in [1.82, 2.24) is 0 Å². The van der Waals surface area contributed by atoms with Gasteiger partial charge in [-0.3, -0.25) is 0 Å². The summed E-state index contributed by atoms with van der Waals surface area (Å²) in [6.07, 6.45) is 4.22. The van der Waals surface area contributed by atoms with Crippen LogP contribution in [0.2, 0.25) is 0 Å². The van der Waals surface area contributed by atoms with Gasteiger partial charge in [-0.25, -0.2) is 0 Å². The highest BCUT2D eigenvalue weighted by atomic mass is 32.2. The molecule has 1 nitrogen and oxygen atoms in total. The van der Waals surface area contributed by atoms with Gasteiger partial charge in [-0.05, 0) is 58.5 Å². The molecular weight excluding hydrogens is 440 g/mol. The first-order valence-corrected chi connectivity index (χ1v) is 13.4. The van der Waals surface area contributed by atoms with Crippen molar-refractivity contribution in [3.63, 3.8) is 0 Å². The van der Waals surface area contributed by atoms with Gasteiger partial charge in [0.25, 0.3) is 0 Å². The summed E-state index contributed by atoms with van der Waals surface area (Å²) >= 11 is 3.51. The van der Waals surface area contributed by atoms with E-state index in [4.69, 9.17) is 4.42 Å². The summed E-state index contributed by atoms with van der Waals surface area (Å²) in [7, 11) is 0. The molecule has 0 aliphatic heterocycles. The van der Waals surface area contributed by atoms with Crippen LogP contribution < -0.4 is 0 Å². The first-order valence-electron chi connectivity index (χ1n) is 10.9. The topological polar surface area (TPSA) is 13.1 Å². The van der Waals surface area contributed by atoms with Crippen molar-refractivity contribution in [1.29, 1.82) is 0 Å². The van der Waals surface area contributed by atoms with Crippen molar-refractivity contribution < 1.29 is 4.42 Å². The minimum atomic E-state index is 0.927. The van der Waals surface area contributed by atoms with Crippen molar-refractivity contribution in [2.75, 3.05) is 12.5 Å². The van der Waals surface area contributed by atoms with Crippen LogP contribution in [0.15, 0.2) is 111 Å². The van der Waals surface area contributed by atoms with E-state index >= 15 is 0 Å². The number of hydrogen-bond acceptors (Lipinski definition) is 3. The lowest BCUT2D eigenvalue weighted by atomic mass is 9.92. The molecule has 0 saturated carbocycles. The number of furan rings is 1. The molecule has 0 aliphatic rings. The van der Waals surface area contributed by atoms with Crippen LogP contribution in [0, 0.1) is 0 Å². The normalized spacial score (nSPS) is 11.6. The maximum absolute atomic E-state index is 6.78. The first kappa shape index (κ1) is 20.5. The fourth-order valence-corrected chi connectivity index (χ4v) is 5.53. The Morgan fingerprint density at radius 2 is 1.00 bits per heavy atom. The number of hydrogen-bond donors (Lipinski definition) is 0. The number of thioether (sulfide) groups is 2. The Labute approximate surface area is 201 Å². The van der Waals surface area contributed by atoms with Crippen LogP contribution in [0.1, 0.15) is 0 Å². The maximum Gasteiger partial charge on any atom is 0.143 e. The minimum absolute atomic E-state index is 0.927. The van der Waals surface area contributed by atoms with E-state index in [9.17, 15) is 0 Å². The Morgan fingerprint density at radius 3 is 1.58 bits per heavy atom. The van der Waals surface area contributed by atoms with Crippen LogP contribution in [-0.4, -0.2) is 12.5 Å². The zero-order valence-electron chi connectivity index (χ0n) is 18.5. The van der Waals surface area contributed by atoms with Crippen molar-refractivity contribution >= 4 is 56.0 Å². The highest BCUT2D eigenvalue weighted by Gasteiger charge is 2.22. The lowest BCUT2D eigenvalue weighted by Gasteiger charge is -2.09. The van der Waals surface area contributed by atoms with E-state index in [1.807, 2.05) is 0 Å². The fraction of sp³-hybridized carbons (Fsp3) is 0.0667. The Hall–Kier alpha value is -3.14. The van der Waals surface area contributed by atoms with E-state index < -0.39 is 0 Å². The zero-order chi connectivity index (χ0) is 22.4. The SMILES string of the molecule is CSc1ccc(-c2oc3c4ccccc4c4ccccc4c3c2-c2ccc(SC)cc2)cc1. The molecule has 0 N–H and O–H groups in total. The lowest BCUT2D eigenvalue weighted by molar-refractivity contribution is 0.636. The molecule has 0 bridgehead atoms. The summed E-state index contributed by atoms with van der Waals surface area (Å²) in [6, 6.07) is 34.8. The molecule has 1 aromatic heterocycles. The summed E-state index contributed by atoms with van der Waals surface area (Å²) in [6.45, 7) is 0. The van der Waals surface area contributed by atoms with Gasteiger partial charge in [0.1, 0.15) is 11.3 Å². The molecule has 0 unspecified atom stereocenters. The average Bonchev–Trinajstić information content (AvgIpc) is 3.30. The van der Waals surface area contributed by atoms with Gasteiger partial charge in [-0.15, -0.1) is 23.5 Å². The fourth-order valence-electron chi connectivity index (χ4n) is 4.71. The van der Waals surface area contributed by atoms with Gasteiger partial charge in [-0.2, -0.15) is 0 Å². The standard InChI is InChI=1S/C30H22OS2/c1-32-21-15-11-19(12-16-21)27-28-25-9-5-3-7-23(25)24-8-4-6-10-26(24)30(28)31-29(27)20-13-17-22(33-2)18-14-20/h3-18H,1-2H3. The average molecular weight is 463 g/mol. The Balaban J connectivity index is 1.78. The molecule has 6 aromatic rings. The predicted molar refractivity (Wildman–Crippen MR) is 146 cm³/mol. The summed E-state index contributed by atoms with van der Waals surface area (Å²) in [5.74, 6) is 0.927. The van der Waals surface area contributed by atoms with E-state index in [1.54, 1.807) is 23.5 Å². The molecule has 1 heterocycles. The third-order valence-electron chi connectivity index (χ3n) is 6.30. The van der Waals surface area contributed by atoms with Crippen LogP contribution >= 0.6 is 23.5 Å². The molecule has 0 saturated heterocycles. The monoisotopic (exact) mass is 462 g/mol. The third kappa shape index (κ3) is 3.35. The van der Waals surface area contributed by atoms with Gasteiger partial charge in [0.05, 0.1) is 0 Å².